The molecular formula is C25H35IN4O. The van der Waals surface area contributed by atoms with Gasteiger partial charge in [-0.3, -0.25) is 4.79 Å². The summed E-state index contributed by atoms with van der Waals surface area (Å²) >= 11 is 0. The summed E-state index contributed by atoms with van der Waals surface area (Å²) in [6.07, 6.45) is 2.62. The lowest BCUT2D eigenvalue weighted by atomic mass is 10.1. The molecule has 0 atom stereocenters. The van der Waals surface area contributed by atoms with Crippen LogP contribution in [0.3, 0.4) is 0 Å². The minimum absolute atomic E-state index is 0. The van der Waals surface area contributed by atoms with Gasteiger partial charge >= 0.3 is 0 Å². The first-order chi connectivity index (χ1) is 14.5. The minimum Gasteiger partial charge on any atom is -0.357 e. The monoisotopic (exact) mass is 534 g/mol. The third-order valence-corrected chi connectivity index (χ3v) is 5.29. The number of halogens is 1. The fourth-order valence-corrected chi connectivity index (χ4v) is 3.97. The molecule has 2 aromatic carbocycles. The third kappa shape index (κ3) is 8.16. The van der Waals surface area contributed by atoms with Crippen LogP contribution in [0.2, 0.25) is 0 Å². The van der Waals surface area contributed by atoms with Gasteiger partial charge in [-0.2, -0.15) is 0 Å². The maximum absolute atomic E-state index is 11.9. The first-order valence-corrected chi connectivity index (χ1v) is 11.0. The number of aryl methyl sites for hydroxylation is 2. The standard InChI is InChI=1S/C25H34N4O.HI/c1-4-26-25(27-11-10-21-14-19(2)13-20(3)15-21)28-17-22-7-5-8-23(16-22)18-29-12-6-9-24(29)30;/h5,7-8,13-16H,4,6,9-12,17-18H2,1-3H3,(H2,26,27,28);1H. The van der Waals surface area contributed by atoms with Crippen LogP contribution in [-0.2, 0) is 24.3 Å². The number of guanidine groups is 1. The predicted octanol–water partition coefficient (Wildman–Crippen LogP) is 4.34. The van der Waals surface area contributed by atoms with E-state index in [1.807, 2.05) is 4.90 Å². The zero-order valence-electron chi connectivity index (χ0n) is 18.9. The van der Waals surface area contributed by atoms with Crippen molar-refractivity contribution in [2.45, 2.75) is 53.1 Å². The van der Waals surface area contributed by atoms with Gasteiger partial charge in [-0.25, -0.2) is 4.99 Å². The maximum atomic E-state index is 11.9. The van der Waals surface area contributed by atoms with Crippen molar-refractivity contribution < 1.29 is 4.79 Å². The van der Waals surface area contributed by atoms with Gasteiger partial charge in [0.1, 0.15) is 0 Å². The molecule has 0 unspecified atom stereocenters. The molecule has 2 N–H and O–H groups in total. The highest BCUT2D eigenvalue weighted by Gasteiger charge is 2.19. The van der Waals surface area contributed by atoms with Gasteiger partial charge in [-0.05, 0) is 50.3 Å². The normalized spacial score (nSPS) is 13.8. The highest BCUT2D eigenvalue weighted by molar-refractivity contribution is 14.0. The molecule has 1 heterocycles. The molecule has 168 valence electrons. The quantitative estimate of drug-likeness (QED) is 0.301. The topological polar surface area (TPSA) is 56.7 Å². The number of likely N-dealkylation sites (tertiary alicyclic amines) is 1. The number of carbonyl (C=O) groups is 1. The molecule has 6 heteroatoms. The zero-order chi connectivity index (χ0) is 21.3. The highest BCUT2D eigenvalue weighted by atomic mass is 127. The van der Waals surface area contributed by atoms with Gasteiger partial charge in [0.15, 0.2) is 5.96 Å². The highest BCUT2D eigenvalue weighted by Crippen LogP contribution is 2.15. The van der Waals surface area contributed by atoms with Gasteiger partial charge in [-0.1, -0.05) is 53.6 Å². The van der Waals surface area contributed by atoms with Crippen molar-refractivity contribution in [2.75, 3.05) is 19.6 Å². The van der Waals surface area contributed by atoms with Gasteiger partial charge < -0.3 is 15.5 Å². The van der Waals surface area contributed by atoms with Crippen LogP contribution in [0, 0.1) is 13.8 Å². The molecule has 1 amide bonds. The Morgan fingerprint density at radius 1 is 1.03 bits per heavy atom. The van der Waals surface area contributed by atoms with Crippen molar-refractivity contribution in [3.63, 3.8) is 0 Å². The molecule has 0 aromatic heterocycles. The lowest BCUT2D eigenvalue weighted by Gasteiger charge is -2.16. The Labute approximate surface area is 203 Å². The second-order valence-corrected chi connectivity index (χ2v) is 8.11. The van der Waals surface area contributed by atoms with E-state index in [1.165, 1.54) is 22.3 Å². The minimum atomic E-state index is 0. The zero-order valence-corrected chi connectivity index (χ0v) is 21.2. The fourth-order valence-electron chi connectivity index (χ4n) is 3.97. The SMILES string of the molecule is CCNC(=NCc1cccc(CN2CCCC2=O)c1)NCCc1cc(C)cc(C)c1.I. The van der Waals surface area contributed by atoms with E-state index in [9.17, 15) is 4.79 Å². The summed E-state index contributed by atoms with van der Waals surface area (Å²) in [5.74, 6) is 1.10. The summed E-state index contributed by atoms with van der Waals surface area (Å²) in [4.78, 5) is 18.6. The molecule has 1 aliphatic rings. The number of hydrogen-bond acceptors (Lipinski definition) is 2. The van der Waals surface area contributed by atoms with Gasteiger partial charge in [0.05, 0.1) is 6.54 Å². The van der Waals surface area contributed by atoms with Crippen LogP contribution in [0.25, 0.3) is 0 Å². The Bertz CT molecular complexity index is 877. The van der Waals surface area contributed by atoms with Crippen molar-refractivity contribution in [2.24, 2.45) is 4.99 Å². The lowest BCUT2D eigenvalue weighted by molar-refractivity contribution is -0.128. The van der Waals surface area contributed by atoms with E-state index in [2.05, 4.69) is 73.9 Å². The van der Waals surface area contributed by atoms with Crippen LogP contribution < -0.4 is 10.6 Å². The Morgan fingerprint density at radius 3 is 2.45 bits per heavy atom. The smallest absolute Gasteiger partial charge is 0.222 e. The molecule has 1 saturated heterocycles. The van der Waals surface area contributed by atoms with Crippen LogP contribution in [0.15, 0.2) is 47.5 Å². The number of nitrogens with zero attached hydrogens (tertiary/aromatic N) is 2. The Morgan fingerprint density at radius 2 is 1.77 bits per heavy atom. The van der Waals surface area contributed by atoms with Gasteiger partial charge in [-0.15, -0.1) is 24.0 Å². The Balaban J connectivity index is 0.00000341. The van der Waals surface area contributed by atoms with E-state index in [4.69, 9.17) is 4.99 Å². The number of carbonyl (C=O) groups excluding carboxylic acids is 1. The molecule has 0 aliphatic carbocycles. The van der Waals surface area contributed by atoms with Crippen molar-refractivity contribution >= 4 is 35.8 Å². The summed E-state index contributed by atoms with van der Waals surface area (Å²) in [6.45, 7) is 10.2. The van der Waals surface area contributed by atoms with E-state index in [1.54, 1.807) is 0 Å². The molecule has 0 radical (unpaired) electrons. The van der Waals surface area contributed by atoms with Gasteiger partial charge in [0.25, 0.3) is 0 Å². The average molecular weight is 534 g/mol. The van der Waals surface area contributed by atoms with Crippen LogP contribution >= 0.6 is 24.0 Å². The number of aliphatic imine (C=N–C) groups is 1. The Kier molecular flexibility index (Phi) is 10.3. The van der Waals surface area contributed by atoms with E-state index in [-0.39, 0.29) is 29.9 Å². The number of rotatable bonds is 8. The van der Waals surface area contributed by atoms with Crippen LogP contribution in [0.4, 0.5) is 0 Å². The summed E-state index contributed by atoms with van der Waals surface area (Å²) in [7, 11) is 0. The van der Waals surface area contributed by atoms with E-state index in [0.717, 1.165) is 44.0 Å². The van der Waals surface area contributed by atoms with Crippen LogP contribution in [0.1, 0.15) is 47.6 Å². The first kappa shape index (κ1) is 25.2. The van der Waals surface area contributed by atoms with Crippen LogP contribution in [0.5, 0.6) is 0 Å². The van der Waals surface area contributed by atoms with E-state index in [0.29, 0.717) is 19.5 Å². The molecule has 1 fully saturated rings. The second-order valence-electron chi connectivity index (χ2n) is 8.11. The number of benzene rings is 2. The van der Waals surface area contributed by atoms with Crippen molar-refractivity contribution in [1.82, 2.24) is 15.5 Å². The summed E-state index contributed by atoms with van der Waals surface area (Å²) in [5, 5.41) is 6.77. The summed E-state index contributed by atoms with van der Waals surface area (Å²) < 4.78 is 0. The van der Waals surface area contributed by atoms with Gasteiger partial charge in [0, 0.05) is 32.6 Å². The molecule has 2 aromatic rings. The molecule has 0 spiro atoms. The molecule has 31 heavy (non-hydrogen) atoms. The van der Waals surface area contributed by atoms with Crippen molar-refractivity contribution in [1.29, 1.82) is 0 Å². The third-order valence-electron chi connectivity index (χ3n) is 5.29. The van der Waals surface area contributed by atoms with Crippen LogP contribution in [-0.4, -0.2) is 36.4 Å². The van der Waals surface area contributed by atoms with Crippen molar-refractivity contribution in [3.05, 3.63) is 70.3 Å². The van der Waals surface area contributed by atoms with E-state index < -0.39 is 0 Å². The van der Waals surface area contributed by atoms with E-state index >= 15 is 0 Å². The first-order valence-electron chi connectivity index (χ1n) is 11.0. The predicted molar refractivity (Wildman–Crippen MR) is 139 cm³/mol. The summed E-state index contributed by atoms with van der Waals surface area (Å²) in [6, 6.07) is 15.1. The molecule has 0 saturated carbocycles. The molecule has 0 bridgehead atoms. The average Bonchev–Trinajstić information content (AvgIpc) is 3.10. The lowest BCUT2D eigenvalue weighted by Crippen LogP contribution is -2.38. The maximum Gasteiger partial charge on any atom is 0.222 e. The fraction of sp³-hybridized carbons (Fsp3) is 0.440. The molecule has 5 nitrogen and oxygen atoms in total. The van der Waals surface area contributed by atoms with Crippen molar-refractivity contribution in [3.8, 4) is 0 Å². The number of amides is 1. The Hall–Kier alpha value is -2.09. The molecule has 1 aliphatic heterocycles. The number of nitrogens with one attached hydrogen (secondary N) is 2. The summed E-state index contributed by atoms with van der Waals surface area (Å²) in [5.41, 5.74) is 6.29. The largest absolute Gasteiger partial charge is 0.357 e. The van der Waals surface area contributed by atoms with Gasteiger partial charge in [0.2, 0.25) is 5.91 Å². The number of hydrogen-bond donors (Lipinski definition) is 2. The second kappa shape index (κ2) is 12.7. The molecular weight excluding hydrogens is 499 g/mol. The molecule has 3 rings (SSSR count).